The van der Waals surface area contributed by atoms with Crippen LogP contribution in [0, 0.1) is 0 Å². The van der Waals surface area contributed by atoms with Crippen LogP contribution in [0.15, 0.2) is 48.5 Å². The van der Waals surface area contributed by atoms with Crippen molar-refractivity contribution in [3.8, 4) is 0 Å². The Morgan fingerprint density at radius 3 is 2.48 bits per heavy atom. The molecule has 0 saturated heterocycles. The van der Waals surface area contributed by atoms with Crippen LogP contribution >= 0.6 is 0 Å². The molecule has 25 heavy (non-hydrogen) atoms. The zero-order valence-electron chi connectivity index (χ0n) is 14.1. The molecule has 0 unspecified atom stereocenters. The van der Waals surface area contributed by atoms with Gasteiger partial charge in [0.2, 0.25) is 0 Å². The minimum absolute atomic E-state index is 0.0827. The molecule has 0 fully saturated rings. The summed E-state index contributed by atoms with van der Waals surface area (Å²) >= 11 is 0. The van der Waals surface area contributed by atoms with Crippen molar-refractivity contribution in [2.45, 2.75) is 32.6 Å². The van der Waals surface area contributed by atoms with E-state index in [0.717, 1.165) is 12.0 Å². The van der Waals surface area contributed by atoms with Gasteiger partial charge in [-0.15, -0.1) is 0 Å². The summed E-state index contributed by atoms with van der Waals surface area (Å²) in [6.07, 6.45) is -0.0270. The number of aliphatic hydroxyl groups is 1. The van der Waals surface area contributed by atoms with E-state index in [1.54, 1.807) is 36.1 Å². The van der Waals surface area contributed by atoms with Crippen molar-refractivity contribution in [3.63, 3.8) is 0 Å². The molecule has 130 valence electrons. The minimum Gasteiger partial charge on any atom is -0.449 e. The van der Waals surface area contributed by atoms with Gasteiger partial charge in [-0.2, -0.15) is 0 Å². The highest BCUT2D eigenvalue weighted by atomic mass is 16.5. The fraction of sp³-hybridized carbons (Fsp3) is 0.300. The Morgan fingerprint density at radius 1 is 1.12 bits per heavy atom. The maximum atomic E-state index is 12.6. The lowest BCUT2D eigenvalue weighted by Gasteiger charge is -2.30. The van der Waals surface area contributed by atoms with Gasteiger partial charge in [0.25, 0.3) is 5.91 Å². The van der Waals surface area contributed by atoms with Gasteiger partial charge in [0.1, 0.15) is 0 Å². The summed E-state index contributed by atoms with van der Waals surface area (Å²) in [5.74, 6) is -0.724. The van der Waals surface area contributed by atoms with Crippen molar-refractivity contribution >= 4 is 11.9 Å². The summed E-state index contributed by atoms with van der Waals surface area (Å²) in [4.78, 5) is 26.5. The number of carbonyl (C=O) groups excluding carboxylic acids is 2. The summed E-state index contributed by atoms with van der Waals surface area (Å²) < 4.78 is 5.32. The summed E-state index contributed by atoms with van der Waals surface area (Å²) in [5, 5.41) is 9.03. The van der Waals surface area contributed by atoms with Gasteiger partial charge < -0.3 is 14.7 Å². The van der Waals surface area contributed by atoms with E-state index in [4.69, 9.17) is 9.84 Å². The molecule has 2 aromatic rings. The molecule has 1 N–H and O–H groups in total. The number of benzene rings is 2. The Balaban J connectivity index is 1.61. The second kappa shape index (κ2) is 7.49. The first-order chi connectivity index (χ1) is 12.1. The predicted octanol–water partition coefficient (Wildman–Crippen LogP) is 2.31. The molecular formula is C20H21NO4. The smallest absolute Gasteiger partial charge is 0.338 e. The maximum absolute atomic E-state index is 12.6. The van der Waals surface area contributed by atoms with Crippen LogP contribution in [0.1, 0.15) is 34.0 Å². The van der Waals surface area contributed by atoms with Crippen LogP contribution in [0.5, 0.6) is 0 Å². The van der Waals surface area contributed by atoms with Crippen LogP contribution < -0.4 is 0 Å². The van der Waals surface area contributed by atoms with Gasteiger partial charge >= 0.3 is 5.97 Å². The third-order valence-electron chi connectivity index (χ3n) is 4.45. The lowest BCUT2D eigenvalue weighted by atomic mass is 9.99. The molecule has 0 saturated carbocycles. The van der Waals surface area contributed by atoms with Crippen molar-refractivity contribution in [3.05, 3.63) is 70.8 Å². The van der Waals surface area contributed by atoms with Gasteiger partial charge in [-0.05, 0) is 42.2 Å². The van der Waals surface area contributed by atoms with Gasteiger partial charge in [0.15, 0.2) is 6.10 Å². The van der Waals surface area contributed by atoms with Crippen molar-refractivity contribution in [2.24, 2.45) is 0 Å². The van der Waals surface area contributed by atoms with Crippen molar-refractivity contribution < 1.29 is 19.4 Å². The van der Waals surface area contributed by atoms with Crippen molar-refractivity contribution in [2.75, 3.05) is 6.54 Å². The summed E-state index contributed by atoms with van der Waals surface area (Å²) in [5.41, 5.74) is 3.48. The largest absolute Gasteiger partial charge is 0.449 e. The Morgan fingerprint density at radius 2 is 1.80 bits per heavy atom. The van der Waals surface area contributed by atoms with Crippen molar-refractivity contribution in [1.82, 2.24) is 4.90 Å². The fourth-order valence-corrected chi connectivity index (χ4v) is 2.97. The average Bonchev–Trinajstić information content (AvgIpc) is 2.67. The number of rotatable bonds is 4. The lowest BCUT2D eigenvalue weighted by molar-refractivity contribution is -0.140. The first kappa shape index (κ1) is 17.2. The van der Waals surface area contributed by atoms with E-state index in [-0.39, 0.29) is 12.5 Å². The molecule has 1 heterocycles. The van der Waals surface area contributed by atoms with Crippen LogP contribution in [-0.4, -0.2) is 34.5 Å². The first-order valence-corrected chi connectivity index (χ1v) is 8.35. The van der Waals surface area contributed by atoms with Gasteiger partial charge in [0.05, 0.1) is 12.2 Å². The SMILES string of the molecule is C[C@H](OC(=O)c1ccc(CO)cc1)C(=O)N1CCc2ccccc2C1. The molecule has 3 rings (SSSR count). The highest BCUT2D eigenvalue weighted by Gasteiger charge is 2.27. The van der Waals surface area contributed by atoms with E-state index in [1.807, 2.05) is 18.2 Å². The normalized spacial score (nSPS) is 14.6. The van der Waals surface area contributed by atoms with E-state index in [2.05, 4.69) is 6.07 Å². The number of ether oxygens (including phenoxy) is 1. The molecule has 0 spiro atoms. The molecule has 0 aliphatic carbocycles. The van der Waals surface area contributed by atoms with Crippen molar-refractivity contribution in [1.29, 1.82) is 0 Å². The van der Waals surface area contributed by atoms with E-state index >= 15 is 0 Å². The second-order valence-corrected chi connectivity index (χ2v) is 6.18. The molecule has 0 bridgehead atoms. The monoisotopic (exact) mass is 339 g/mol. The Bertz CT molecular complexity index is 770. The number of nitrogens with zero attached hydrogens (tertiary/aromatic N) is 1. The molecule has 2 aromatic carbocycles. The van der Waals surface area contributed by atoms with E-state index in [9.17, 15) is 9.59 Å². The highest BCUT2D eigenvalue weighted by molar-refractivity contribution is 5.92. The summed E-state index contributed by atoms with van der Waals surface area (Å²) in [6.45, 7) is 2.69. The predicted molar refractivity (Wildman–Crippen MR) is 92.8 cm³/mol. The third kappa shape index (κ3) is 3.88. The number of hydrogen-bond donors (Lipinski definition) is 1. The fourth-order valence-electron chi connectivity index (χ4n) is 2.97. The standard InChI is InChI=1S/C20H21NO4/c1-14(25-20(24)17-8-6-15(13-22)7-9-17)19(23)21-11-10-16-4-2-3-5-18(16)12-21/h2-9,14,22H,10-13H2,1H3/t14-/m0/s1. The van der Waals surface area contributed by atoms with Crippen LogP contribution in [0.2, 0.25) is 0 Å². The molecule has 5 nitrogen and oxygen atoms in total. The average molecular weight is 339 g/mol. The number of esters is 1. The van der Waals surface area contributed by atoms with Crippen LogP contribution in [0.25, 0.3) is 0 Å². The van der Waals surface area contributed by atoms with Crippen LogP contribution in [-0.2, 0) is 29.1 Å². The van der Waals surface area contributed by atoms with Crippen LogP contribution in [0.3, 0.4) is 0 Å². The molecule has 1 atom stereocenters. The second-order valence-electron chi connectivity index (χ2n) is 6.18. The van der Waals surface area contributed by atoms with Gasteiger partial charge in [-0.1, -0.05) is 36.4 Å². The molecular weight excluding hydrogens is 318 g/mol. The number of fused-ring (bicyclic) bond motifs is 1. The van der Waals surface area contributed by atoms with E-state index < -0.39 is 12.1 Å². The minimum atomic E-state index is -0.838. The summed E-state index contributed by atoms with van der Waals surface area (Å²) in [6, 6.07) is 14.6. The molecule has 5 heteroatoms. The zero-order valence-corrected chi connectivity index (χ0v) is 14.1. The van der Waals surface area contributed by atoms with Crippen LogP contribution in [0.4, 0.5) is 0 Å². The van der Waals surface area contributed by atoms with Gasteiger partial charge in [0, 0.05) is 13.1 Å². The molecule has 1 aliphatic rings. The Labute approximate surface area is 146 Å². The molecule has 0 aromatic heterocycles. The first-order valence-electron chi connectivity index (χ1n) is 8.35. The number of carbonyl (C=O) groups is 2. The highest BCUT2D eigenvalue weighted by Crippen LogP contribution is 2.19. The number of aliphatic hydroxyl groups excluding tert-OH is 1. The molecule has 1 aliphatic heterocycles. The number of hydrogen-bond acceptors (Lipinski definition) is 4. The maximum Gasteiger partial charge on any atom is 0.338 e. The quantitative estimate of drug-likeness (QED) is 0.868. The number of amides is 1. The van der Waals surface area contributed by atoms with Gasteiger partial charge in [-0.3, -0.25) is 4.79 Å². The topological polar surface area (TPSA) is 66.8 Å². The zero-order chi connectivity index (χ0) is 17.8. The lowest BCUT2D eigenvalue weighted by Crippen LogP contribution is -2.42. The van der Waals surface area contributed by atoms with Gasteiger partial charge in [-0.25, -0.2) is 4.79 Å². The van der Waals surface area contributed by atoms with E-state index in [0.29, 0.717) is 24.2 Å². The molecule has 1 amide bonds. The Hall–Kier alpha value is -2.66. The summed E-state index contributed by atoms with van der Waals surface area (Å²) in [7, 11) is 0. The molecule has 0 radical (unpaired) electrons. The Kier molecular flexibility index (Phi) is 5.14. The van der Waals surface area contributed by atoms with E-state index in [1.165, 1.54) is 5.56 Å². The third-order valence-corrected chi connectivity index (χ3v) is 4.45.